The summed E-state index contributed by atoms with van der Waals surface area (Å²) in [6, 6.07) is 11.4. The lowest BCUT2D eigenvalue weighted by Crippen LogP contribution is -2.47. The fourth-order valence-corrected chi connectivity index (χ4v) is 4.83. The van der Waals surface area contributed by atoms with Crippen molar-refractivity contribution in [3.05, 3.63) is 81.4 Å². The highest BCUT2D eigenvalue weighted by Gasteiger charge is 2.35. The third kappa shape index (κ3) is 4.03. The van der Waals surface area contributed by atoms with Gasteiger partial charge in [-0.05, 0) is 43.5 Å². The van der Waals surface area contributed by atoms with Crippen LogP contribution in [0.15, 0.2) is 51.9 Å². The second kappa shape index (κ2) is 8.11. The number of nitrogens with zero attached hydrogens (tertiary/aromatic N) is 4. The highest BCUT2D eigenvalue weighted by Crippen LogP contribution is 2.35. The zero-order chi connectivity index (χ0) is 21.4. The lowest BCUT2D eigenvalue weighted by Gasteiger charge is -2.42. The predicted molar refractivity (Wildman–Crippen MR) is 113 cm³/mol. The van der Waals surface area contributed by atoms with Crippen LogP contribution < -0.4 is 10.9 Å². The molecule has 5 heterocycles. The minimum atomic E-state index is -0.387. The lowest BCUT2D eigenvalue weighted by atomic mass is 9.83. The van der Waals surface area contributed by atoms with Crippen molar-refractivity contribution in [1.82, 2.24) is 24.9 Å². The molecule has 8 nitrogen and oxygen atoms in total. The van der Waals surface area contributed by atoms with Crippen LogP contribution in [0, 0.1) is 12.8 Å². The molecule has 0 spiro atoms. The van der Waals surface area contributed by atoms with E-state index in [0.29, 0.717) is 18.2 Å². The molecule has 0 unspecified atom stereocenters. The van der Waals surface area contributed by atoms with Crippen LogP contribution in [0.1, 0.15) is 45.5 Å². The van der Waals surface area contributed by atoms with Gasteiger partial charge in [-0.1, -0.05) is 11.2 Å². The van der Waals surface area contributed by atoms with E-state index in [1.165, 1.54) is 0 Å². The Morgan fingerprint density at radius 3 is 2.90 bits per heavy atom. The van der Waals surface area contributed by atoms with E-state index >= 15 is 0 Å². The second-order valence-electron chi connectivity index (χ2n) is 8.52. The van der Waals surface area contributed by atoms with Crippen molar-refractivity contribution < 1.29 is 9.32 Å². The number of aryl methyl sites for hydroxylation is 1. The SMILES string of the molecule is Cc1cc(CNC(=O)c2ccc3n(c2=O)C[C@H]2C[C@@H]3CN(Cc3ccccn3)C2)on1. The molecule has 0 saturated carbocycles. The van der Waals surface area contributed by atoms with E-state index in [2.05, 4.69) is 20.4 Å². The molecule has 2 aliphatic rings. The number of carbonyl (C=O) groups is 1. The monoisotopic (exact) mass is 419 g/mol. The van der Waals surface area contributed by atoms with Crippen LogP contribution >= 0.6 is 0 Å². The molecule has 5 rings (SSSR count). The summed E-state index contributed by atoms with van der Waals surface area (Å²) in [4.78, 5) is 32.6. The van der Waals surface area contributed by atoms with E-state index < -0.39 is 0 Å². The van der Waals surface area contributed by atoms with Crippen LogP contribution in [-0.4, -0.2) is 38.6 Å². The van der Waals surface area contributed by atoms with Gasteiger partial charge in [0, 0.05) is 50.1 Å². The van der Waals surface area contributed by atoms with Crippen molar-refractivity contribution >= 4 is 5.91 Å². The van der Waals surface area contributed by atoms with Crippen molar-refractivity contribution in [2.45, 2.75) is 38.9 Å². The summed E-state index contributed by atoms with van der Waals surface area (Å²) in [5, 5.41) is 6.57. The molecule has 1 amide bonds. The van der Waals surface area contributed by atoms with Gasteiger partial charge in [-0.25, -0.2) is 0 Å². The molecule has 0 aromatic carbocycles. The molecule has 0 radical (unpaired) electrons. The topological polar surface area (TPSA) is 93.3 Å². The first-order chi connectivity index (χ1) is 15.1. The first-order valence-corrected chi connectivity index (χ1v) is 10.6. The van der Waals surface area contributed by atoms with E-state index in [-0.39, 0.29) is 29.5 Å². The molecule has 1 N–H and O–H groups in total. The maximum atomic E-state index is 13.1. The van der Waals surface area contributed by atoms with Gasteiger partial charge in [-0.2, -0.15) is 0 Å². The van der Waals surface area contributed by atoms with Gasteiger partial charge in [-0.15, -0.1) is 0 Å². The summed E-state index contributed by atoms with van der Waals surface area (Å²) in [5.41, 5.74) is 2.80. The number of amides is 1. The number of rotatable bonds is 5. The Balaban J connectivity index is 1.32. The first kappa shape index (κ1) is 19.7. The Hall–Kier alpha value is -3.26. The number of nitrogens with one attached hydrogen (secondary N) is 1. The number of likely N-dealkylation sites (tertiary alicyclic amines) is 1. The number of aromatic nitrogens is 3. The molecule has 31 heavy (non-hydrogen) atoms. The maximum Gasteiger partial charge on any atom is 0.263 e. The van der Waals surface area contributed by atoms with Gasteiger partial charge >= 0.3 is 0 Å². The lowest BCUT2D eigenvalue weighted by molar-refractivity contribution is 0.0939. The van der Waals surface area contributed by atoms with Crippen molar-refractivity contribution in [3.8, 4) is 0 Å². The average Bonchev–Trinajstić information content (AvgIpc) is 3.18. The van der Waals surface area contributed by atoms with Gasteiger partial charge in [0.1, 0.15) is 5.56 Å². The van der Waals surface area contributed by atoms with E-state index in [0.717, 1.165) is 43.1 Å². The van der Waals surface area contributed by atoms with Gasteiger partial charge in [-0.3, -0.25) is 19.5 Å². The van der Waals surface area contributed by atoms with Crippen LogP contribution in [0.25, 0.3) is 0 Å². The quantitative estimate of drug-likeness (QED) is 0.681. The normalized spacial score (nSPS) is 20.3. The highest BCUT2D eigenvalue weighted by molar-refractivity contribution is 5.93. The van der Waals surface area contributed by atoms with Crippen molar-refractivity contribution in [1.29, 1.82) is 0 Å². The Bertz CT molecular complexity index is 1150. The van der Waals surface area contributed by atoms with Gasteiger partial charge in [0.15, 0.2) is 5.76 Å². The molecule has 3 aromatic heterocycles. The third-order valence-electron chi connectivity index (χ3n) is 6.14. The fraction of sp³-hybridized carbons (Fsp3) is 0.391. The molecule has 3 aromatic rings. The summed E-state index contributed by atoms with van der Waals surface area (Å²) >= 11 is 0. The van der Waals surface area contributed by atoms with Gasteiger partial charge in [0.2, 0.25) is 0 Å². The van der Waals surface area contributed by atoms with Crippen molar-refractivity contribution in [3.63, 3.8) is 0 Å². The number of fused-ring (bicyclic) bond motifs is 4. The van der Waals surface area contributed by atoms with E-state index in [4.69, 9.17) is 4.52 Å². The van der Waals surface area contributed by atoms with Crippen LogP contribution in [0.5, 0.6) is 0 Å². The molecule has 1 fully saturated rings. The largest absolute Gasteiger partial charge is 0.359 e. The summed E-state index contributed by atoms with van der Waals surface area (Å²) in [6.45, 7) is 5.31. The number of hydrogen-bond donors (Lipinski definition) is 1. The molecule has 2 bridgehead atoms. The van der Waals surface area contributed by atoms with Gasteiger partial charge in [0.25, 0.3) is 11.5 Å². The Labute approximate surface area is 179 Å². The smallest absolute Gasteiger partial charge is 0.263 e. The van der Waals surface area contributed by atoms with Crippen LogP contribution in [0.4, 0.5) is 0 Å². The van der Waals surface area contributed by atoms with Crippen molar-refractivity contribution in [2.24, 2.45) is 5.92 Å². The molecule has 8 heteroatoms. The third-order valence-corrected chi connectivity index (χ3v) is 6.14. The van der Waals surface area contributed by atoms with Gasteiger partial charge < -0.3 is 14.4 Å². The van der Waals surface area contributed by atoms with Crippen LogP contribution in [0.3, 0.4) is 0 Å². The zero-order valence-corrected chi connectivity index (χ0v) is 17.5. The summed E-state index contributed by atoms with van der Waals surface area (Å²) in [5.74, 6) is 0.856. The van der Waals surface area contributed by atoms with Crippen molar-refractivity contribution in [2.75, 3.05) is 13.1 Å². The fourth-order valence-electron chi connectivity index (χ4n) is 4.83. The summed E-state index contributed by atoms with van der Waals surface area (Å²) in [6.07, 6.45) is 2.90. The molecule has 2 aliphatic heterocycles. The Kier molecular flexibility index (Phi) is 5.15. The Morgan fingerprint density at radius 2 is 2.13 bits per heavy atom. The van der Waals surface area contributed by atoms with E-state index in [1.807, 2.05) is 42.0 Å². The predicted octanol–water partition coefficient (Wildman–Crippen LogP) is 2.09. The van der Waals surface area contributed by atoms with E-state index in [1.54, 1.807) is 12.1 Å². The highest BCUT2D eigenvalue weighted by atomic mass is 16.5. The standard InChI is InChI=1S/C23H25N5O3/c1-15-8-19(31-26-15)10-25-22(29)20-5-6-21-17-9-16(12-28(21)23(20)30)11-27(13-17)14-18-4-2-3-7-24-18/h2-8,16-17H,9-14H2,1H3,(H,25,29)/t16-,17+/m0/s1. The molecule has 2 atom stereocenters. The minimum Gasteiger partial charge on any atom is -0.359 e. The van der Waals surface area contributed by atoms with Crippen LogP contribution in [-0.2, 0) is 19.6 Å². The molecule has 160 valence electrons. The molecular weight excluding hydrogens is 394 g/mol. The maximum absolute atomic E-state index is 13.1. The zero-order valence-electron chi connectivity index (χ0n) is 17.5. The number of pyridine rings is 2. The summed E-state index contributed by atoms with van der Waals surface area (Å²) < 4.78 is 6.93. The van der Waals surface area contributed by atoms with Gasteiger partial charge in [0.05, 0.1) is 17.9 Å². The summed E-state index contributed by atoms with van der Waals surface area (Å²) in [7, 11) is 0. The average molecular weight is 419 g/mol. The Morgan fingerprint density at radius 1 is 1.23 bits per heavy atom. The van der Waals surface area contributed by atoms with Crippen LogP contribution in [0.2, 0.25) is 0 Å². The minimum absolute atomic E-state index is 0.172. The molecule has 0 aliphatic carbocycles. The second-order valence-corrected chi connectivity index (χ2v) is 8.52. The number of carbonyl (C=O) groups excluding carboxylic acids is 1. The number of piperidine rings is 1. The molecular formula is C23H25N5O3. The first-order valence-electron chi connectivity index (χ1n) is 10.6. The molecule has 1 saturated heterocycles. The number of hydrogen-bond acceptors (Lipinski definition) is 6. The van der Waals surface area contributed by atoms with E-state index in [9.17, 15) is 9.59 Å².